The fourth-order valence-corrected chi connectivity index (χ4v) is 2.39. The molecular weight excluding hydrogens is 238 g/mol. The number of nitriles is 1. The molecule has 4 nitrogen and oxygen atoms in total. The average molecular weight is 257 g/mol. The highest BCUT2D eigenvalue weighted by Crippen LogP contribution is 2.18. The second kappa shape index (κ2) is 6.91. The van der Waals surface area contributed by atoms with Gasteiger partial charge >= 0.3 is 0 Å². The number of hydrogen-bond donors (Lipinski definition) is 1. The molecule has 1 atom stereocenters. The van der Waals surface area contributed by atoms with Crippen molar-refractivity contribution in [2.45, 2.75) is 31.7 Å². The number of carbonyl (C=O) groups is 1. The van der Waals surface area contributed by atoms with Crippen molar-refractivity contribution < 1.29 is 4.79 Å². The summed E-state index contributed by atoms with van der Waals surface area (Å²) in [5.41, 5.74) is 0.870. The van der Waals surface area contributed by atoms with Crippen LogP contribution in [0.3, 0.4) is 0 Å². The zero-order valence-corrected chi connectivity index (χ0v) is 11.0. The lowest BCUT2D eigenvalue weighted by Gasteiger charge is -2.29. The Hall–Kier alpha value is -1.86. The number of amides is 1. The molecule has 1 aliphatic rings. The van der Waals surface area contributed by atoms with E-state index in [1.165, 1.54) is 0 Å². The molecule has 1 fully saturated rings. The molecule has 19 heavy (non-hydrogen) atoms. The number of para-hydroxylation sites is 1. The van der Waals surface area contributed by atoms with E-state index in [4.69, 9.17) is 5.26 Å². The van der Waals surface area contributed by atoms with Gasteiger partial charge in [-0.15, -0.1) is 0 Å². The smallest absolute Gasteiger partial charge is 0.244 e. The van der Waals surface area contributed by atoms with Crippen molar-refractivity contribution in [1.29, 1.82) is 5.26 Å². The molecule has 1 aromatic carbocycles. The van der Waals surface area contributed by atoms with Crippen molar-refractivity contribution in [1.82, 2.24) is 5.32 Å². The lowest BCUT2D eigenvalue weighted by molar-refractivity contribution is -0.121. The van der Waals surface area contributed by atoms with Gasteiger partial charge in [-0.2, -0.15) is 5.26 Å². The Morgan fingerprint density at radius 2 is 2.16 bits per heavy atom. The molecule has 0 spiro atoms. The molecule has 1 saturated heterocycles. The fraction of sp³-hybridized carbons (Fsp3) is 0.467. The third-order valence-corrected chi connectivity index (χ3v) is 3.39. The van der Waals surface area contributed by atoms with Crippen LogP contribution in [0.2, 0.25) is 0 Å². The lowest BCUT2D eigenvalue weighted by Crippen LogP contribution is -2.49. The normalized spacial score (nSPS) is 18.6. The highest BCUT2D eigenvalue weighted by atomic mass is 16.2. The van der Waals surface area contributed by atoms with Crippen molar-refractivity contribution in [2.24, 2.45) is 0 Å². The number of piperidine rings is 1. The quantitative estimate of drug-likeness (QED) is 0.898. The van der Waals surface area contributed by atoms with E-state index in [0.29, 0.717) is 13.0 Å². The first kappa shape index (κ1) is 13.6. The number of rotatable bonds is 4. The zero-order chi connectivity index (χ0) is 13.5. The fourth-order valence-electron chi connectivity index (χ4n) is 2.39. The second-order valence-corrected chi connectivity index (χ2v) is 4.74. The maximum Gasteiger partial charge on any atom is 0.244 e. The maximum absolute atomic E-state index is 12.6. The first-order valence-corrected chi connectivity index (χ1v) is 6.79. The van der Waals surface area contributed by atoms with Crippen LogP contribution in [0.5, 0.6) is 0 Å². The monoisotopic (exact) mass is 257 g/mol. The van der Waals surface area contributed by atoms with Gasteiger partial charge in [-0.25, -0.2) is 0 Å². The van der Waals surface area contributed by atoms with Gasteiger partial charge in [0.2, 0.25) is 5.91 Å². The third kappa shape index (κ3) is 3.55. The van der Waals surface area contributed by atoms with Gasteiger partial charge in [0.15, 0.2) is 0 Å². The number of hydrogen-bond acceptors (Lipinski definition) is 3. The van der Waals surface area contributed by atoms with Gasteiger partial charge < -0.3 is 10.2 Å². The minimum atomic E-state index is -0.104. The van der Waals surface area contributed by atoms with Crippen LogP contribution in [0.1, 0.15) is 25.7 Å². The van der Waals surface area contributed by atoms with E-state index in [2.05, 4.69) is 11.4 Å². The Kier molecular flexibility index (Phi) is 4.93. The van der Waals surface area contributed by atoms with Crippen LogP contribution < -0.4 is 10.2 Å². The van der Waals surface area contributed by atoms with Crippen LogP contribution >= 0.6 is 0 Å². The Bertz CT molecular complexity index is 446. The van der Waals surface area contributed by atoms with Crippen LogP contribution in [-0.2, 0) is 4.79 Å². The summed E-state index contributed by atoms with van der Waals surface area (Å²) in [6, 6.07) is 11.6. The molecule has 1 aliphatic heterocycles. The molecule has 2 rings (SSSR count). The third-order valence-electron chi connectivity index (χ3n) is 3.39. The van der Waals surface area contributed by atoms with E-state index in [-0.39, 0.29) is 11.9 Å². The van der Waals surface area contributed by atoms with E-state index in [9.17, 15) is 4.79 Å². The van der Waals surface area contributed by atoms with Gasteiger partial charge in [0.25, 0.3) is 0 Å². The molecular formula is C15H19N3O. The van der Waals surface area contributed by atoms with E-state index >= 15 is 0 Å². The minimum Gasteiger partial charge on any atom is -0.310 e. The summed E-state index contributed by atoms with van der Waals surface area (Å²) in [5.74, 6) is 0.0844. The van der Waals surface area contributed by atoms with Crippen molar-refractivity contribution >= 4 is 11.6 Å². The Morgan fingerprint density at radius 1 is 1.37 bits per heavy atom. The van der Waals surface area contributed by atoms with Gasteiger partial charge in [-0.05, 0) is 31.5 Å². The molecule has 0 saturated carbocycles. The number of nitrogens with one attached hydrogen (secondary N) is 1. The lowest BCUT2D eigenvalue weighted by atomic mass is 10.0. The predicted molar refractivity (Wildman–Crippen MR) is 74.7 cm³/mol. The van der Waals surface area contributed by atoms with Crippen LogP contribution in [0.25, 0.3) is 0 Å². The number of nitrogens with zero attached hydrogens (tertiary/aromatic N) is 2. The first-order chi connectivity index (χ1) is 9.33. The van der Waals surface area contributed by atoms with E-state index < -0.39 is 0 Å². The number of anilines is 1. The standard InChI is InChI=1S/C15H19N3O/c16-10-6-12-18(13-7-2-1-3-8-13)15(19)14-9-4-5-11-17-14/h1-3,7-8,14,17H,4-6,9,11-12H2. The summed E-state index contributed by atoms with van der Waals surface area (Å²) >= 11 is 0. The van der Waals surface area contributed by atoms with Crippen molar-refractivity contribution in [3.63, 3.8) is 0 Å². The Morgan fingerprint density at radius 3 is 2.79 bits per heavy atom. The molecule has 1 unspecified atom stereocenters. The Balaban J connectivity index is 2.12. The minimum absolute atomic E-state index is 0.0844. The number of carbonyl (C=O) groups excluding carboxylic acids is 1. The summed E-state index contributed by atoms with van der Waals surface area (Å²) in [4.78, 5) is 14.3. The van der Waals surface area contributed by atoms with Crippen molar-refractivity contribution in [2.75, 3.05) is 18.0 Å². The van der Waals surface area contributed by atoms with Gasteiger partial charge in [0.1, 0.15) is 0 Å². The van der Waals surface area contributed by atoms with Crippen LogP contribution in [0.15, 0.2) is 30.3 Å². The summed E-state index contributed by atoms with van der Waals surface area (Å²) in [7, 11) is 0. The summed E-state index contributed by atoms with van der Waals surface area (Å²) in [6.45, 7) is 1.36. The Labute approximate surface area is 114 Å². The molecule has 1 heterocycles. The molecule has 0 bridgehead atoms. The largest absolute Gasteiger partial charge is 0.310 e. The second-order valence-electron chi connectivity index (χ2n) is 4.74. The number of benzene rings is 1. The molecule has 0 radical (unpaired) electrons. The predicted octanol–water partition coefficient (Wildman–Crippen LogP) is 2.08. The van der Waals surface area contributed by atoms with Gasteiger partial charge in [0, 0.05) is 12.2 Å². The van der Waals surface area contributed by atoms with E-state index in [1.54, 1.807) is 4.90 Å². The molecule has 100 valence electrons. The van der Waals surface area contributed by atoms with E-state index in [1.807, 2.05) is 30.3 Å². The molecule has 1 amide bonds. The van der Waals surface area contributed by atoms with Gasteiger partial charge in [-0.3, -0.25) is 4.79 Å². The summed E-state index contributed by atoms with van der Waals surface area (Å²) < 4.78 is 0. The molecule has 0 aliphatic carbocycles. The molecule has 1 N–H and O–H groups in total. The molecule has 1 aromatic rings. The molecule has 4 heteroatoms. The highest BCUT2D eigenvalue weighted by Gasteiger charge is 2.26. The highest BCUT2D eigenvalue weighted by molar-refractivity contribution is 5.97. The average Bonchev–Trinajstić information content (AvgIpc) is 2.49. The van der Waals surface area contributed by atoms with Crippen LogP contribution in [0, 0.1) is 11.3 Å². The zero-order valence-electron chi connectivity index (χ0n) is 11.0. The topological polar surface area (TPSA) is 56.1 Å². The van der Waals surface area contributed by atoms with Gasteiger partial charge in [-0.1, -0.05) is 24.6 Å². The summed E-state index contributed by atoms with van der Waals surface area (Å²) in [5, 5.41) is 12.0. The maximum atomic E-state index is 12.6. The first-order valence-electron chi connectivity index (χ1n) is 6.79. The summed E-state index contributed by atoms with van der Waals surface area (Å²) in [6.07, 6.45) is 3.46. The van der Waals surface area contributed by atoms with Crippen LogP contribution in [0.4, 0.5) is 5.69 Å². The SMILES string of the molecule is N#CCCN(C(=O)C1CCCCN1)c1ccccc1. The van der Waals surface area contributed by atoms with Crippen molar-refractivity contribution in [3.05, 3.63) is 30.3 Å². The van der Waals surface area contributed by atoms with Crippen LogP contribution in [-0.4, -0.2) is 25.0 Å². The van der Waals surface area contributed by atoms with Crippen molar-refractivity contribution in [3.8, 4) is 6.07 Å². The molecule has 0 aromatic heterocycles. The van der Waals surface area contributed by atoms with Gasteiger partial charge in [0.05, 0.1) is 18.5 Å². The van der Waals surface area contributed by atoms with E-state index in [0.717, 1.165) is 31.5 Å².